The Morgan fingerprint density at radius 2 is 1.88 bits per heavy atom. The van der Waals surface area contributed by atoms with E-state index in [0.717, 1.165) is 31.9 Å². The molecule has 6 heteroatoms. The highest BCUT2D eigenvalue weighted by Gasteiger charge is 2.11. The van der Waals surface area contributed by atoms with Crippen LogP contribution in [0.2, 0.25) is 5.02 Å². The Morgan fingerprint density at radius 1 is 1.24 bits per heavy atom. The predicted octanol–water partition coefficient (Wildman–Crippen LogP) is 2.60. The first-order valence-electron chi connectivity index (χ1n) is 5.10. The average molecular weight is 300 g/mol. The first-order valence-corrected chi connectivity index (χ1v) is 5.48. The van der Waals surface area contributed by atoms with Gasteiger partial charge in [-0.15, -0.1) is 24.8 Å². The van der Waals surface area contributed by atoms with Crippen LogP contribution in [0.25, 0.3) is 0 Å². The molecule has 0 unspecified atom stereocenters. The van der Waals surface area contributed by atoms with Gasteiger partial charge in [-0.3, -0.25) is 0 Å². The number of methoxy groups -OCH3 is 1. The second kappa shape index (κ2) is 7.88. The van der Waals surface area contributed by atoms with E-state index in [9.17, 15) is 0 Å². The summed E-state index contributed by atoms with van der Waals surface area (Å²) in [7, 11) is 1.64. The highest BCUT2D eigenvalue weighted by Crippen LogP contribution is 2.29. The molecule has 1 aliphatic heterocycles. The first-order chi connectivity index (χ1) is 7.31. The topological polar surface area (TPSA) is 24.5 Å². The number of anilines is 1. The third-order valence-electron chi connectivity index (χ3n) is 2.62. The lowest BCUT2D eigenvalue weighted by atomic mass is 10.2. The van der Waals surface area contributed by atoms with E-state index in [1.165, 1.54) is 5.69 Å². The molecule has 1 fully saturated rings. The van der Waals surface area contributed by atoms with E-state index in [-0.39, 0.29) is 24.8 Å². The molecule has 0 atom stereocenters. The lowest BCUT2D eigenvalue weighted by Gasteiger charge is -2.29. The van der Waals surface area contributed by atoms with Gasteiger partial charge in [-0.2, -0.15) is 0 Å². The van der Waals surface area contributed by atoms with Crippen LogP contribution in [-0.4, -0.2) is 33.3 Å². The third-order valence-corrected chi connectivity index (χ3v) is 2.93. The summed E-state index contributed by atoms with van der Waals surface area (Å²) in [5.41, 5.74) is 1.18. The second-order valence-electron chi connectivity index (χ2n) is 3.56. The molecule has 1 aliphatic rings. The zero-order valence-corrected chi connectivity index (χ0v) is 12.0. The molecule has 0 spiro atoms. The van der Waals surface area contributed by atoms with Gasteiger partial charge in [-0.05, 0) is 12.1 Å². The molecule has 0 radical (unpaired) electrons. The molecule has 0 aliphatic carbocycles. The Balaban J connectivity index is 0.00000128. The molecular weight excluding hydrogens is 282 g/mol. The van der Waals surface area contributed by atoms with Gasteiger partial charge in [0.15, 0.2) is 0 Å². The number of hydrogen-bond donors (Lipinski definition) is 1. The molecule has 1 N–H and O–H groups in total. The molecule has 1 heterocycles. The lowest BCUT2D eigenvalue weighted by molar-refractivity contribution is 0.415. The number of nitrogens with zero attached hydrogens (tertiary/aromatic N) is 1. The van der Waals surface area contributed by atoms with Crippen LogP contribution >= 0.6 is 36.4 Å². The van der Waals surface area contributed by atoms with Crippen molar-refractivity contribution >= 4 is 42.1 Å². The number of halogens is 3. The molecule has 17 heavy (non-hydrogen) atoms. The Morgan fingerprint density at radius 3 is 2.47 bits per heavy atom. The van der Waals surface area contributed by atoms with Crippen molar-refractivity contribution in [3.05, 3.63) is 23.2 Å². The van der Waals surface area contributed by atoms with Crippen LogP contribution in [0.5, 0.6) is 5.75 Å². The van der Waals surface area contributed by atoms with E-state index in [4.69, 9.17) is 16.3 Å². The standard InChI is InChI=1S/C11H15ClN2O.2ClH/c1-15-11-8-9(2-3-10(11)12)14-6-4-13-5-7-14;;/h2-3,8,13H,4-7H2,1H3;2*1H. The summed E-state index contributed by atoms with van der Waals surface area (Å²) in [6.07, 6.45) is 0. The molecule has 1 aromatic carbocycles. The van der Waals surface area contributed by atoms with Crippen molar-refractivity contribution in [3.63, 3.8) is 0 Å². The fourth-order valence-electron chi connectivity index (χ4n) is 1.77. The molecule has 0 bridgehead atoms. The minimum Gasteiger partial charge on any atom is -0.495 e. The summed E-state index contributed by atoms with van der Waals surface area (Å²) in [6, 6.07) is 5.92. The Kier molecular flexibility index (Phi) is 7.71. The van der Waals surface area contributed by atoms with Crippen LogP contribution in [0.15, 0.2) is 18.2 Å². The summed E-state index contributed by atoms with van der Waals surface area (Å²) >= 11 is 5.98. The summed E-state index contributed by atoms with van der Waals surface area (Å²) in [4.78, 5) is 2.33. The molecule has 1 saturated heterocycles. The maximum atomic E-state index is 5.98. The van der Waals surface area contributed by atoms with Crippen LogP contribution in [0, 0.1) is 0 Å². The minimum atomic E-state index is 0. The summed E-state index contributed by atoms with van der Waals surface area (Å²) in [5, 5.41) is 3.99. The number of ether oxygens (including phenoxy) is 1. The maximum Gasteiger partial charge on any atom is 0.139 e. The van der Waals surface area contributed by atoms with Gasteiger partial charge < -0.3 is 15.0 Å². The number of piperazine rings is 1. The van der Waals surface area contributed by atoms with Crippen molar-refractivity contribution in [1.82, 2.24) is 5.32 Å². The van der Waals surface area contributed by atoms with E-state index >= 15 is 0 Å². The van der Waals surface area contributed by atoms with Crippen molar-refractivity contribution in [2.75, 3.05) is 38.2 Å². The van der Waals surface area contributed by atoms with Gasteiger partial charge in [0.25, 0.3) is 0 Å². The normalized spacial score (nSPS) is 14.6. The van der Waals surface area contributed by atoms with E-state index < -0.39 is 0 Å². The van der Waals surface area contributed by atoms with E-state index in [1.807, 2.05) is 18.2 Å². The van der Waals surface area contributed by atoms with Crippen LogP contribution in [0.1, 0.15) is 0 Å². The van der Waals surface area contributed by atoms with Gasteiger partial charge >= 0.3 is 0 Å². The SMILES string of the molecule is COc1cc(N2CCNCC2)ccc1Cl.Cl.Cl. The lowest BCUT2D eigenvalue weighted by Crippen LogP contribution is -2.43. The molecule has 0 saturated carbocycles. The fraction of sp³-hybridized carbons (Fsp3) is 0.455. The van der Waals surface area contributed by atoms with Crippen LogP contribution in [0.3, 0.4) is 0 Å². The van der Waals surface area contributed by atoms with Gasteiger partial charge in [-0.1, -0.05) is 11.6 Å². The van der Waals surface area contributed by atoms with Gasteiger partial charge in [0.05, 0.1) is 12.1 Å². The average Bonchev–Trinajstić information content (AvgIpc) is 2.31. The molecule has 3 nitrogen and oxygen atoms in total. The first kappa shape index (κ1) is 16.6. The maximum absolute atomic E-state index is 5.98. The van der Waals surface area contributed by atoms with E-state index in [1.54, 1.807) is 7.11 Å². The molecule has 2 rings (SSSR count). The number of benzene rings is 1. The third kappa shape index (κ3) is 4.11. The Bertz CT molecular complexity index is 343. The van der Waals surface area contributed by atoms with Gasteiger partial charge in [0.2, 0.25) is 0 Å². The van der Waals surface area contributed by atoms with E-state index in [0.29, 0.717) is 5.02 Å². The Hall–Kier alpha value is -0.350. The molecule has 0 aromatic heterocycles. The fourth-order valence-corrected chi connectivity index (χ4v) is 1.96. The molecule has 0 amide bonds. The molecule has 1 aromatic rings. The van der Waals surface area contributed by atoms with Gasteiger partial charge in [0.1, 0.15) is 5.75 Å². The van der Waals surface area contributed by atoms with E-state index in [2.05, 4.69) is 10.2 Å². The summed E-state index contributed by atoms with van der Waals surface area (Å²) in [5.74, 6) is 0.743. The highest BCUT2D eigenvalue weighted by molar-refractivity contribution is 6.32. The van der Waals surface area contributed by atoms with Gasteiger partial charge in [0, 0.05) is 37.9 Å². The second-order valence-corrected chi connectivity index (χ2v) is 3.96. The number of hydrogen-bond acceptors (Lipinski definition) is 3. The summed E-state index contributed by atoms with van der Waals surface area (Å²) < 4.78 is 5.20. The monoisotopic (exact) mass is 298 g/mol. The van der Waals surface area contributed by atoms with Crippen molar-refractivity contribution < 1.29 is 4.74 Å². The number of rotatable bonds is 2. The smallest absolute Gasteiger partial charge is 0.139 e. The summed E-state index contributed by atoms with van der Waals surface area (Å²) in [6.45, 7) is 4.13. The van der Waals surface area contributed by atoms with Crippen LogP contribution in [-0.2, 0) is 0 Å². The quantitative estimate of drug-likeness (QED) is 0.908. The molecular formula is C11H17Cl3N2O. The zero-order valence-electron chi connectivity index (χ0n) is 9.61. The van der Waals surface area contributed by atoms with Crippen LogP contribution < -0.4 is 15.0 Å². The zero-order chi connectivity index (χ0) is 10.7. The highest BCUT2D eigenvalue weighted by atomic mass is 35.5. The predicted molar refractivity (Wildman–Crippen MR) is 77.6 cm³/mol. The van der Waals surface area contributed by atoms with Crippen molar-refractivity contribution in [2.24, 2.45) is 0 Å². The Labute approximate surface area is 119 Å². The van der Waals surface area contributed by atoms with Gasteiger partial charge in [-0.25, -0.2) is 0 Å². The van der Waals surface area contributed by atoms with Crippen molar-refractivity contribution in [2.45, 2.75) is 0 Å². The molecule has 98 valence electrons. The largest absolute Gasteiger partial charge is 0.495 e. The van der Waals surface area contributed by atoms with Crippen molar-refractivity contribution in [1.29, 1.82) is 0 Å². The minimum absolute atomic E-state index is 0. The van der Waals surface area contributed by atoms with Crippen LogP contribution in [0.4, 0.5) is 5.69 Å². The number of nitrogens with one attached hydrogen (secondary N) is 1. The van der Waals surface area contributed by atoms with Crippen molar-refractivity contribution in [3.8, 4) is 5.75 Å².